The summed E-state index contributed by atoms with van der Waals surface area (Å²) in [6.07, 6.45) is 2.25. The number of nitrogens with one attached hydrogen (secondary N) is 1. The molecule has 1 N–H and O–H groups in total. The number of thiazole rings is 1. The van der Waals surface area contributed by atoms with E-state index in [1.165, 1.54) is 24.3 Å². The first-order valence-electron chi connectivity index (χ1n) is 7.20. The van der Waals surface area contributed by atoms with Gasteiger partial charge < -0.3 is 10.1 Å². The zero-order valence-electron chi connectivity index (χ0n) is 12.7. The van der Waals surface area contributed by atoms with Crippen LogP contribution in [-0.4, -0.2) is 22.5 Å². The van der Waals surface area contributed by atoms with Crippen LogP contribution in [0.25, 0.3) is 0 Å². The number of halogens is 3. The number of ketones is 1. The average Bonchev–Trinajstić information content (AvgIpc) is 2.97. The number of anilines is 1. The monoisotopic (exact) mass is 360 g/mol. The third-order valence-electron chi connectivity index (χ3n) is 3.15. The van der Waals surface area contributed by atoms with Gasteiger partial charge in [0.1, 0.15) is 0 Å². The molecule has 1 atom stereocenters. The summed E-state index contributed by atoms with van der Waals surface area (Å²) in [7, 11) is 0. The summed E-state index contributed by atoms with van der Waals surface area (Å²) in [5.74, 6) is -1.22. The number of esters is 1. The Morgan fingerprint density at radius 3 is 2.75 bits per heavy atom. The molecule has 0 aliphatic heterocycles. The van der Waals surface area contributed by atoms with E-state index in [-0.39, 0.29) is 11.6 Å². The molecule has 0 bridgehead atoms. The van der Waals surface area contributed by atoms with E-state index < -0.39 is 29.3 Å². The Balaban J connectivity index is 2.22. The molecule has 1 aliphatic carbocycles. The van der Waals surface area contributed by atoms with Crippen molar-refractivity contribution >= 4 is 28.2 Å². The number of allylic oxidation sites excluding steroid dienone is 2. The number of carbonyl (C=O) groups excluding carboxylic acids is 2. The van der Waals surface area contributed by atoms with Crippen molar-refractivity contribution in [1.82, 2.24) is 4.98 Å². The van der Waals surface area contributed by atoms with Crippen molar-refractivity contribution in [3.63, 3.8) is 0 Å². The molecule has 2 rings (SSSR count). The molecule has 9 heteroatoms. The standard InChI is InChI=1S/C15H15F3N2O3S/c1-2-3-7-12(22)23-14(8-5-4-6-11(14)21)20-13-19-10(9-24-13)15(16,17)18/h4-6,8-9H,2-3,7H2,1H3,(H,19,20). The number of hydrogen-bond donors (Lipinski definition) is 1. The highest BCUT2D eigenvalue weighted by molar-refractivity contribution is 7.13. The smallest absolute Gasteiger partial charge is 0.427 e. The molecular formula is C15H15F3N2O3S. The summed E-state index contributed by atoms with van der Waals surface area (Å²) in [5, 5.41) is 3.17. The molecule has 0 amide bonds. The van der Waals surface area contributed by atoms with Gasteiger partial charge in [0.15, 0.2) is 10.8 Å². The lowest BCUT2D eigenvalue weighted by Crippen LogP contribution is -2.48. The van der Waals surface area contributed by atoms with Crippen LogP contribution in [0.4, 0.5) is 18.3 Å². The van der Waals surface area contributed by atoms with Gasteiger partial charge in [0, 0.05) is 11.8 Å². The van der Waals surface area contributed by atoms with E-state index in [9.17, 15) is 22.8 Å². The van der Waals surface area contributed by atoms with Crippen LogP contribution in [0.15, 0.2) is 29.7 Å². The van der Waals surface area contributed by atoms with Crippen LogP contribution in [0.5, 0.6) is 0 Å². The first kappa shape index (κ1) is 18.2. The lowest BCUT2D eigenvalue weighted by atomic mass is 10.0. The van der Waals surface area contributed by atoms with Gasteiger partial charge in [-0.1, -0.05) is 25.5 Å². The summed E-state index contributed by atoms with van der Waals surface area (Å²) in [6.45, 7) is 1.89. The number of rotatable bonds is 6. The molecule has 1 heterocycles. The molecule has 0 saturated carbocycles. The number of alkyl halides is 3. The quantitative estimate of drug-likeness (QED) is 0.619. The SMILES string of the molecule is CCCCC(=O)OC1(Nc2nc(C(F)(F)F)cs2)C=CC=CC1=O. The lowest BCUT2D eigenvalue weighted by Gasteiger charge is -2.30. The van der Waals surface area contributed by atoms with Crippen LogP contribution in [-0.2, 0) is 20.5 Å². The minimum atomic E-state index is -4.59. The molecule has 1 aliphatic rings. The van der Waals surface area contributed by atoms with Crippen molar-refractivity contribution in [2.45, 2.75) is 38.1 Å². The molecule has 0 fully saturated rings. The fourth-order valence-electron chi connectivity index (χ4n) is 1.92. The van der Waals surface area contributed by atoms with E-state index in [1.807, 2.05) is 6.92 Å². The fraction of sp³-hybridized carbons (Fsp3) is 0.400. The predicted molar refractivity (Wildman–Crippen MR) is 82.4 cm³/mol. The number of hydrogen-bond acceptors (Lipinski definition) is 6. The van der Waals surface area contributed by atoms with Gasteiger partial charge in [-0.3, -0.25) is 9.59 Å². The topological polar surface area (TPSA) is 68.3 Å². The van der Waals surface area contributed by atoms with Crippen LogP contribution < -0.4 is 5.32 Å². The zero-order chi connectivity index (χ0) is 17.8. The summed E-state index contributed by atoms with van der Waals surface area (Å²) in [5.41, 5.74) is -2.95. The summed E-state index contributed by atoms with van der Waals surface area (Å²) in [4.78, 5) is 27.5. The second-order valence-electron chi connectivity index (χ2n) is 5.06. The second-order valence-corrected chi connectivity index (χ2v) is 5.91. The lowest BCUT2D eigenvalue weighted by molar-refractivity contribution is -0.158. The maximum Gasteiger partial charge on any atom is 0.434 e. The Bertz CT molecular complexity index is 682. The Morgan fingerprint density at radius 2 is 2.17 bits per heavy atom. The normalized spacial score (nSPS) is 20.2. The predicted octanol–water partition coefficient (Wildman–Crippen LogP) is 3.70. The Morgan fingerprint density at radius 1 is 1.42 bits per heavy atom. The zero-order valence-corrected chi connectivity index (χ0v) is 13.5. The molecule has 5 nitrogen and oxygen atoms in total. The molecule has 24 heavy (non-hydrogen) atoms. The summed E-state index contributed by atoms with van der Waals surface area (Å²) < 4.78 is 43.2. The third kappa shape index (κ3) is 4.22. The molecule has 0 aromatic carbocycles. The summed E-state index contributed by atoms with van der Waals surface area (Å²) in [6, 6.07) is 0. The van der Waals surface area contributed by atoms with E-state index in [2.05, 4.69) is 10.3 Å². The largest absolute Gasteiger partial charge is 0.434 e. The highest BCUT2D eigenvalue weighted by atomic mass is 32.1. The van der Waals surface area contributed by atoms with E-state index in [0.29, 0.717) is 17.8 Å². The van der Waals surface area contributed by atoms with Crippen molar-refractivity contribution in [3.8, 4) is 0 Å². The van der Waals surface area contributed by atoms with Gasteiger partial charge >= 0.3 is 12.1 Å². The van der Waals surface area contributed by atoms with Gasteiger partial charge in [0.05, 0.1) is 0 Å². The van der Waals surface area contributed by atoms with E-state index in [0.717, 1.165) is 11.8 Å². The highest BCUT2D eigenvalue weighted by Gasteiger charge is 2.41. The van der Waals surface area contributed by atoms with Crippen LogP contribution in [0, 0.1) is 0 Å². The first-order valence-corrected chi connectivity index (χ1v) is 8.08. The van der Waals surface area contributed by atoms with Crippen LogP contribution in [0.3, 0.4) is 0 Å². The van der Waals surface area contributed by atoms with Gasteiger partial charge in [0.25, 0.3) is 5.72 Å². The molecule has 1 unspecified atom stereocenters. The van der Waals surface area contributed by atoms with Gasteiger partial charge in [-0.2, -0.15) is 13.2 Å². The Hall–Kier alpha value is -2.16. The van der Waals surface area contributed by atoms with E-state index in [1.54, 1.807) is 0 Å². The van der Waals surface area contributed by atoms with Gasteiger partial charge in [-0.25, -0.2) is 4.98 Å². The average molecular weight is 360 g/mol. The molecule has 1 aromatic rings. The van der Waals surface area contributed by atoms with E-state index >= 15 is 0 Å². The van der Waals surface area contributed by atoms with Gasteiger partial charge in [-0.05, 0) is 18.6 Å². The maximum atomic E-state index is 12.6. The van der Waals surface area contributed by atoms with E-state index in [4.69, 9.17) is 4.74 Å². The van der Waals surface area contributed by atoms with Crippen molar-refractivity contribution in [1.29, 1.82) is 0 Å². The number of aromatic nitrogens is 1. The van der Waals surface area contributed by atoms with Crippen LogP contribution >= 0.6 is 11.3 Å². The number of unbranched alkanes of at least 4 members (excludes halogenated alkanes) is 1. The number of nitrogens with zero attached hydrogens (tertiary/aromatic N) is 1. The van der Waals surface area contributed by atoms with Gasteiger partial charge in [0.2, 0.25) is 5.78 Å². The molecule has 0 saturated heterocycles. The van der Waals surface area contributed by atoms with Crippen LogP contribution in [0.2, 0.25) is 0 Å². The number of ether oxygens (including phenoxy) is 1. The Kier molecular flexibility index (Phi) is 5.43. The molecule has 130 valence electrons. The van der Waals surface area contributed by atoms with Gasteiger partial charge in [-0.15, -0.1) is 11.3 Å². The minimum Gasteiger partial charge on any atom is -0.427 e. The van der Waals surface area contributed by atoms with Crippen molar-refractivity contribution in [2.24, 2.45) is 0 Å². The van der Waals surface area contributed by atoms with Crippen molar-refractivity contribution in [3.05, 3.63) is 35.4 Å². The second kappa shape index (κ2) is 7.16. The van der Waals surface area contributed by atoms with Crippen molar-refractivity contribution < 1.29 is 27.5 Å². The number of carbonyl (C=O) groups is 2. The summed E-state index contributed by atoms with van der Waals surface area (Å²) >= 11 is 0.672. The molecule has 0 radical (unpaired) electrons. The third-order valence-corrected chi connectivity index (χ3v) is 3.91. The first-order chi connectivity index (χ1) is 11.3. The van der Waals surface area contributed by atoms with Crippen molar-refractivity contribution in [2.75, 3.05) is 5.32 Å². The molecule has 0 spiro atoms. The Labute approximate surface area is 140 Å². The molecular weight excluding hydrogens is 345 g/mol. The fourth-order valence-corrected chi connectivity index (χ4v) is 2.70. The molecule has 1 aromatic heterocycles. The highest BCUT2D eigenvalue weighted by Crippen LogP contribution is 2.33. The van der Waals surface area contributed by atoms with Crippen LogP contribution in [0.1, 0.15) is 31.9 Å². The minimum absolute atomic E-state index is 0.108. The maximum absolute atomic E-state index is 12.6.